The van der Waals surface area contributed by atoms with Crippen LogP contribution in [0.25, 0.3) is 11.8 Å². The van der Waals surface area contributed by atoms with Crippen LogP contribution >= 0.6 is 0 Å². The van der Waals surface area contributed by atoms with Crippen LogP contribution in [-0.4, -0.2) is 34.6 Å². The quantitative estimate of drug-likeness (QED) is 0.814. The molecule has 0 saturated heterocycles. The van der Waals surface area contributed by atoms with Crippen molar-refractivity contribution in [3.05, 3.63) is 42.5 Å². The van der Waals surface area contributed by atoms with Crippen LogP contribution in [0.1, 0.15) is 26.3 Å². The minimum atomic E-state index is -0.489. The highest BCUT2D eigenvalue weighted by molar-refractivity contribution is 6.21. The molecule has 0 aliphatic heterocycles. The van der Waals surface area contributed by atoms with Crippen LogP contribution in [0.3, 0.4) is 0 Å². The summed E-state index contributed by atoms with van der Waals surface area (Å²) in [5.74, 6) is 0.0215. The summed E-state index contributed by atoms with van der Waals surface area (Å²) in [4.78, 5) is 18.7. The molecular weight excluding hydrogens is 276 g/mol. The van der Waals surface area contributed by atoms with Gasteiger partial charge in [-0.25, -0.2) is 9.67 Å². The Bertz CT molecular complexity index is 679. The van der Waals surface area contributed by atoms with Gasteiger partial charge in [0.15, 0.2) is 5.78 Å². The topological polar surface area (TPSA) is 51.0 Å². The van der Waals surface area contributed by atoms with Crippen molar-refractivity contribution in [2.75, 3.05) is 19.0 Å². The van der Waals surface area contributed by atoms with Crippen molar-refractivity contribution in [3.8, 4) is 0 Å². The summed E-state index contributed by atoms with van der Waals surface area (Å²) in [5, 5.41) is 4.11. The highest BCUT2D eigenvalue weighted by Crippen LogP contribution is 2.25. The van der Waals surface area contributed by atoms with Gasteiger partial charge in [-0.3, -0.25) is 4.79 Å². The molecule has 0 radical (unpaired) electrons. The first-order valence-corrected chi connectivity index (χ1v) is 7.18. The summed E-state index contributed by atoms with van der Waals surface area (Å²) in [6, 6.07) is 8.01. The number of carbonyl (C=O) groups excluding carboxylic acids is 1. The van der Waals surface area contributed by atoms with E-state index in [9.17, 15) is 4.79 Å². The van der Waals surface area contributed by atoms with E-state index in [1.165, 1.54) is 11.0 Å². The molecule has 0 aliphatic carbocycles. The molecule has 0 atom stereocenters. The van der Waals surface area contributed by atoms with E-state index in [0.29, 0.717) is 5.70 Å². The number of aromatic nitrogens is 3. The first-order chi connectivity index (χ1) is 10.3. The molecule has 5 heteroatoms. The van der Waals surface area contributed by atoms with Gasteiger partial charge in [0.1, 0.15) is 18.4 Å². The molecule has 0 fully saturated rings. The van der Waals surface area contributed by atoms with E-state index >= 15 is 0 Å². The summed E-state index contributed by atoms with van der Waals surface area (Å²) in [6.45, 7) is 5.70. The van der Waals surface area contributed by atoms with Crippen molar-refractivity contribution in [1.82, 2.24) is 14.8 Å². The average molecular weight is 298 g/mol. The van der Waals surface area contributed by atoms with Gasteiger partial charge in [0.25, 0.3) is 0 Å². The van der Waals surface area contributed by atoms with Crippen LogP contribution < -0.4 is 4.90 Å². The zero-order chi connectivity index (χ0) is 16.3. The van der Waals surface area contributed by atoms with Crippen LogP contribution in [0, 0.1) is 5.41 Å². The van der Waals surface area contributed by atoms with E-state index in [0.717, 1.165) is 11.3 Å². The molecule has 116 valence electrons. The monoisotopic (exact) mass is 298 g/mol. The van der Waals surface area contributed by atoms with Crippen LogP contribution in [0.5, 0.6) is 0 Å². The fourth-order valence-electron chi connectivity index (χ4n) is 2.00. The molecule has 0 bridgehead atoms. The Morgan fingerprint density at radius 3 is 2.55 bits per heavy atom. The highest BCUT2D eigenvalue weighted by atomic mass is 16.1. The maximum absolute atomic E-state index is 12.7. The van der Waals surface area contributed by atoms with Gasteiger partial charge in [0.05, 0.1) is 0 Å². The van der Waals surface area contributed by atoms with Gasteiger partial charge in [0, 0.05) is 25.2 Å². The van der Waals surface area contributed by atoms with E-state index < -0.39 is 5.41 Å². The second-order valence-corrected chi connectivity index (χ2v) is 6.44. The Hall–Kier alpha value is -2.43. The van der Waals surface area contributed by atoms with Crippen LogP contribution in [0.2, 0.25) is 0 Å². The third-order valence-corrected chi connectivity index (χ3v) is 3.27. The number of anilines is 1. The number of hydrogen-bond donors (Lipinski definition) is 0. The molecule has 1 aromatic carbocycles. The zero-order valence-electron chi connectivity index (χ0n) is 13.7. The normalized spacial score (nSPS) is 12.3. The minimum absolute atomic E-state index is 0.0215. The molecule has 2 aromatic rings. The van der Waals surface area contributed by atoms with Gasteiger partial charge >= 0.3 is 0 Å². The van der Waals surface area contributed by atoms with Gasteiger partial charge < -0.3 is 4.90 Å². The van der Waals surface area contributed by atoms with E-state index in [2.05, 4.69) is 10.1 Å². The predicted octanol–water partition coefficient (Wildman–Crippen LogP) is 2.96. The Labute approximate surface area is 131 Å². The van der Waals surface area contributed by atoms with Gasteiger partial charge in [-0.15, -0.1) is 0 Å². The fraction of sp³-hybridized carbons (Fsp3) is 0.353. The SMILES string of the molecule is CN(C)c1cccc(/C=C(/C(=O)C(C)(C)C)n2cncn2)c1. The van der Waals surface area contributed by atoms with Crippen LogP contribution in [0.15, 0.2) is 36.9 Å². The van der Waals surface area contributed by atoms with Gasteiger partial charge in [0.2, 0.25) is 0 Å². The van der Waals surface area contributed by atoms with Crippen LogP contribution in [-0.2, 0) is 4.79 Å². The van der Waals surface area contributed by atoms with E-state index in [1.807, 2.05) is 70.1 Å². The third-order valence-electron chi connectivity index (χ3n) is 3.27. The molecule has 2 rings (SSSR count). The van der Waals surface area contributed by atoms with E-state index in [4.69, 9.17) is 0 Å². The van der Waals surface area contributed by atoms with Crippen LogP contribution in [0.4, 0.5) is 5.69 Å². The van der Waals surface area contributed by atoms with Crippen molar-refractivity contribution in [3.63, 3.8) is 0 Å². The molecule has 1 aromatic heterocycles. The molecule has 0 amide bonds. The molecule has 0 unspecified atom stereocenters. The number of hydrogen-bond acceptors (Lipinski definition) is 4. The second kappa shape index (κ2) is 6.13. The Kier molecular flexibility index (Phi) is 4.45. The molecule has 0 N–H and O–H groups in total. The number of rotatable bonds is 4. The standard InChI is InChI=1S/C17H22N4O/c1-17(2,3)16(22)15(21-12-18-11-19-21)10-13-7-6-8-14(9-13)20(4)5/h6-12H,1-5H3/b15-10-. The number of benzene rings is 1. The molecule has 0 saturated carbocycles. The average Bonchev–Trinajstić information content (AvgIpc) is 2.97. The molecule has 1 heterocycles. The van der Waals surface area contributed by atoms with Crippen molar-refractivity contribution in [1.29, 1.82) is 0 Å². The summed E-state index contributed by atoms with van der Waals surface area (Å²) in [6.07, 6.45) is 4.83. The number of allylic oxidation sites excluding steroid dienone is 1. The van der Waals surface area contributed by atoms with Crippen molar-refractivity contribution in [2.45, 2.75) is 20.8 Å². The smallest absolute Gasteiger partial charge is 0.186 e. The Morgan fingerprint density at radius 1 is 1.27 bits per heavy atom. The maximum atomic E-state index is 12.7. The summed E-state index contributed by atoms with van der Waals surface area (Å²) in [7, 11) is 3.98. The van der Waals surface area contributed by atoms with Gasteiger partial charge in [-0.05, 0) is 23.8 Å². The predicted molar refractivity (Wildman–Crippen MR) is 89.4 cm³/mol. The molecule has 22 heavy (non-hydrogen) atoms. The molecule has 5 nitrogen and oxygen atoms in total. The van der Waals surface area contributed by atoms with E-state index in [1.54, 1.807) is 6.33 Å². The Balaban J connectivity index is 2.50. The largest absolute Gasteiger partial charge is 0.378 e. The van der Waals surface area contributed by atoms with Crippen molar-refractivity contribution >= 4 is 23.2 Å². The molecule has 0 spiro atoms. The number of nitrogens with zero attached hydrogens (tertiary/aromatic N) is 4. The highest BCUT2D eigenvalue weighted by Gasteiger charge is 2.26. The minimum Gasteiger partial charge on any atom is -0.378 e. The summed E-state index contributed by atoms with van der Waals surface area (Å²) in [5.41, 5.74) is 2.06. The van der Waals surface area contributed by atoms with Gasteiger partial charge in [-0.2, -0.15) is 5.10 Å². The lowest BCUT2D eigenvalue weighted by Crippen LogP contribution is -2.24. The molecule has 0 aliphatic rings. The van der Waals surface area contributed by atoms with Gasteiger partial charge in [-0.1, -0.05) is 32.9 Å². The summed E-state index contributed by atoms with van der Waals surface area (Å²) < 4.78 is 1.52. The number of Topliss-reactive ketones (excluding diaryl/α,β-unsaturated/α-hetero) is 1. The lowest BCUT2D eigenvalue weighted by Gasteiger charge is -2.19. The fourth-order valence-corrected chi connectivity index (χ4v) is 2.00. The lowest BCUT2D eigenvalue weighted by molar-refractivity contribution is -0.120. The zero-order valence-corrected chi connectivity index (χ0v) is 13.7. The first-order valence-electron chi connectivity index (χ1n) is 7.18. The van der Waals surface area contributed by atoms with Crippen molar-refractivity contribution in [2.24, 2.45) is 5.41 Å². The Morgan fingerprint density at radius 2 is 2.00 bits per heavy atom. The number of ketones is 1. The third kappa shape index (κ3) is 3.61. The molecular formula is C17H22N4O. The lowest BCUT2D eigenvalue weighted by atomic mass is 9.88. The second-order valence-electron chi connectivity index (χ2n) is 6.44. The van der Waals surface area contributed by atoms with Crippen molar-refractivity contribution < 1.29 is 4.79 Å². The summed E-state index contributed by atoms with van der Waals surface area (Å²) >= 11 is 0. The number of carbonyl (C=O) groups is 1. The van der Waals surface area contributed by atoms with E-state index in [-0.39, 0.29) is 5.78 Å². The first kappa shape index (κ1) is 15.9. The maximum Gasteiger partial charge on any atom is 0.186 e.